The molecule has 1 aliphatic carbocycles. The maximum absolute atomic E-state index is 11.8. The molecule has 1 aliphatic rings. The summed E-state index contributed by atoms with van der Waals surface area (Å²) >= 11 is 0. The quantitative estimate of drug-likeness (QED) is 0.831. The Labute approximate surface area is 114 Å². The van der Waals surface area contributed by atoms with E-state index in [9.17, 15) is 9.90 Å². The van der Waals surface area contributed by atoms with Crippen LogP contribution in [-0.4, -0.2) is 17.6 Å². The minimum Gasteiger partial charge on any atom is -0.467 e. The highest BCUT2D eigenvalue weighted by Gasteiger charge is 2.17. The number of aliphatic hydroxyl groups is 1. The fourth-order valence-corrected chi connectivity index (χ4v) is 2.70. The first-order valence-corrected chi connectivity index (χ1v) is 7.24. The van der Waals surface area contributed by atoms with Crippen molar-refractivity contribution in [3.05, 3.63) is 24.2 Å². The van der Waals surface area contributed by atoms with Crippen LogP contribution in [0.3, 0.4) is 0 Å². The Hall–Kier alpha value is -1.29. The number of nitrogens with one attached hydrogen (secondary N) is 1. The Morgan fingerprint density at radius 3 is 2.89 bits per heavy atom. The van der Waals surface area contributed by atoms with E-state index in [2.05, 4.69) is 5.32 Å². The van der Waals surface area contributed by atoms with Gasteiger partial charge in [0.05, 0.1) is 6.26 Å². The van der Waals surface area contributed by atoms with Crippen LogP contribution >= 0.6 is 0 Å². The summed E-state index contributed by atoms with van der Waals surface area (Å²) in [7, 11) is 0. The van der Waals surface area contributed by atoms with Crippen LogP contribution in [-0.2, 0) is 4.79 Å². The van der Waals surface area contributed by atoms with E-state index in [0.717, 1.165) is 0 Å². The predicted octanol–water partition coefficient (Wildman–Crippen LogP) is 2.79. The molecule has 0 aromatic carbocycles. The Bertz CT molecular complexity index is 369. The van der Waals surface area contributed by atoms with Crippen molar-refractivity contribution in [1.29, 1.82) is 0 Å². The molecule has 2 N–H and O–H groups in total. The highest BCUT2D eigenvalue weighted by molar-refractivity contribution is 5.76. The molecule has 4 nitrogen and oxygen atoms in total. The van der Waals surface area contributed by atoms with Gasteiger partial charge >= 0.3 is 0 Å². The van der Waals surface area contributed by atoms with Crippen molar-refractivity contribution in [2.75, 3.05) is 6.54 Å². The van der Waals surface area contributed by atoms with Crippen molar-refractivity contribution >= 4 is 5.91 Å². The van der Waals surface area contributed by atoms with E-state index in [1.54, 1.807) is 18.4 Å². The summed E-state index contributed by atoms with van der Waals surface area (Å²) in [4.78, 5) is 11.8. The molecule has 0 bridgehead atoms. The first kappa shape index (κ1) is 14.1. The van der Waals surface area contributed by atoms with Gasteiger partial charge in [0.1, 0.15) is 11.9 Å². The number of aliphatic hydroxyl groups excluding tert-OH is 1. The van der Waals surface area contributed by atoms with Crippen molar-refractivity contribution < 1.29 is 14.3 Å². The van der Waals surface area contributed by atoms with E-state index < -0.39 is 6.10 Å². The standard InChI is InChI=1S/C15H23NO3/c17-13(14-7-4-10-19-14)8-9-16-15(18)11-12-5-2-1-3-6-12/h4,7,10,12-13,17H,1-3,5-6,8-9,11H2,(H,16,18). The lowest BCUT2D eigenvalue weighted by Crippen LogP contribution is -2.28. The second-order valence-electron chi connectivity index (χ2n) is 5.38. The molecular weight excluding hydrogens is 242 g/mol. The molecule has 1 unspecified atom stereocenters. The molecule has 1 aromatic heterocycles. The smallest absolute Gasteiger partial charge is 0.220 e. The average Bonchev–Trinajstić information content (AvgIpc) is 2.93. The SMILES string of the molecule is O=C(CC1CCCCC1)NCCC(O)c1ccco1. The minimum absolute atomic E-state index is 0.110. The van der Waals surface area contributed by atoms with Crippen LogP contribution in [0.25, 0.3) is 0 Å². The van der Waals surface area contributed by atoms with E-state index in [1.807, 2.05) is 0 Å². The van der Waals surface area contributed by atoms with Crippen LogP contribution in [0.4, 0.5) is 0 Å². The zero-order chi connectivity index (χ0) is 13.5. The van der Waals surface area contributed by atoms with Gasteiger partial charge in [-0.3, -0.25) is 4.79 Å². The van der Waals surface area contributed by atoms with E-state index in [4.69, 9.17) is 4.42 Å². The van der Waals surface area contributed by atoms with Gasteiger partial charge in [-0.05, 0) is 37.3 Å². The Morgan fingerprint density at radius 2 is 2.21 bits per heavy atom. The first-order chi connectivity index (χ1) is 9.25. The molecule has 1 saturated carbocycles. The zero-order valence-corrected chi connectivity index (χ0v) is 11.3. The number of amides is 1. The van der Waals surface area contributed by atoms with Gasteiger partial charge in [0, 0.05) is 13.0 Å². The summed E-state index contributed by atoms with van der Waals surface area (Å²) < 4.78 is 5.11. The topological polar surface area (TPSA) is 62.5 Å². The fourth-order valence-electron chi connectivity index (χ4n) is 2.70. The maximum atomic E-state index is 11.8. The van der Waals surface area contributed by atoms with E-state index >= 15 is 0 Å². The first-order valence-electron chi connectivity index (χ1n) is 7.24. The number of hydrogen-bond acceptors (Lipinski definition) is 3. The molecule has 106 valence electrons. The molecule has 1 atom stereocenters. The van der Waals surface area contributed by atoms with Crippen LogP contribution in [0, 0.1) is 5.92 Å². The summed E-state index contributed by atoms with van der Waals surface area (Å²) in [5.41, 5.74) is 0. The zero-order valence-electron chi connectivity index (χ0n) is 11.3. The van der Waals surface area contributed by atoms with Crippen LogP contribution in [0.2, 0.25) is 0 Å². The lowest BCUT2D eigenvalue weighted by atomic mass is 9.87. The van der Waals surface area contributed by atoms with Gasteiger partial charge in [-0.2, -0.15) is 0 Å². The number of carbonyl (C=O) groups is 1. The van der Waals surface area contributed by atoms with Crippen molar-refractivity contribution in [1.82, 2.24) is 5.32 Å². The maximum Gasteiger partial charge on any atom is 0.220 e. The van der Waals surface area contributed by atoms with Gasteiger partial charge < -0.3 is 14.8 Å². The van der Waals surface area contributed by atoms with Gasteiger partial charge in [0.2, 0.25) is 5.91 Å². The Morgan fingerprint density at radius 1 is 1.42 bits per heavy atom. The summed E-state index contributed by atoms with van der Waals surface area (Å²) in [6.07, 6.45) is 8.23. The largest absolute Gasteiger partial charge is 0.467 e. The molecule has 0 aliphatic heterocycles. The summed E-state index contributed by atoms with van der Waals surface area (Å²) in [6, 6.07) is 3.49. The molecule has 19 heavy (non-hydrogen) atoms. The molecule has 1 fully saturated rings. The summed E-state index contributed by atoms with van der Waals surface area (Å²) in [6.45, 7) is 0.493. The summed E-state index contributed by atoms with van der Waals surface area (Å²) in [5.74, 6) is 1.23. The monoisotopic (exact) mass is 265 g/mol. The molecule has 1 amide bonds. The minimum atomic E-state index is -0.634. The van der Waals surface area contributed by atoms with Crippen LogP contribution in [0.5, 0.6) is 0 Å². The van der Waals surface area contributed by atoms with E-state index in [0.29, 0.717) is 31.1 Å². The third-order valence-corrected chi connectivity index (χ3v) is 3.81. The second-order valence-corrected chi connectivity index (χ2v) is 5.38. The normalized spacial score (nSPS) is 18.2. The van der Waals surface area contributed by atoms with Crippen LogP contribution in [0.1, 0.15) is 56.8 Å². The van der Waals surface area contributed by atoms with Gasteiger partial charge in [-0.1, -0.05) is 19.3 Å². The molecular formula is C15H23NO3. The highest BCUT2D eigenvalue weighted by Crippen LogP contribution is 2.26. The van der Waals surface area contributed by atoms with Gasteiger partial charge in [0.25, 0.3) is 0 Å². The molecule has 0 spiro atoms. The number of furan rings is 1. The van der Waals surface area contributed by atoms with Crippen molar-refractivity contribution in [3.8, 4) is 0 Å². The molecule has 1 aromatic rings. The predicted molar refractivity (Wildman–Crippen MR) is 72.5 cm³/mol. The lowest BCUT2D eigenvalue weighted by Gasteiger charge is -2.20. The van der Waals surface area contributed by atoms with Gasteiger partial charge in [-0.25, -0.2) is 0 Å². The van der Waals surface area contributed by atoms with Crippen molar-refractivity contribution in [2.45, 2.75) is 51.0 Å². The van der Waals surface area contributed by atoms with Crippen molar-refractivity contribution in [2.24, 2.45) is 5.92 Å². The molecule has 0 radical (unpaired) electrons. The number of hydrogen-bond donors (Lipinski definition) is 2. The molecule has 2 rings (SSSR count). The number of carbonyl (C=O) groups excluding carboxylic acids is 1. The van der Waals surface area contributed by atoms with Gasteiger partial charge in [-0.15, -0.1) is 0 Å². The van der Waals surface area contributed by atoms with Gasteiger partial charge in [0.15, 0.2) is 0 Å². The molecule has 1 heterocycles. The van der Waals surface area contributed by atoms with Crippen LogP contribution < -0.4 is 5.32 Å². The fraction of sp³-hybridized carbons (Fsp3) is 0.667. The molecule has 4 heteroatoms. The number of rotatable bonds is 6. The van der Waals surface area contributed by atoms with E-state index in [1.165, 1.54) is 32.1 Å². The molecule has 0 saturated heterocycles. The third-order valence-electron chi connectivity index (χ3n) is 3.81. The Kier molecular flexibility index (Phi) is 5.45. The highest BCUT2D eigenvalue weighted by atomic mass is 16.4. The van der Waals surface area contributed by atoms with E-state index in [-0.39, 0.29) is 5.91 Å². The third kappa shape index (κ3) is 4.71. The van der Waals surface area contributed by atoms with Crippen LogP contribution in [0.15, 0.2) is 22.8 Å². The lowest BCUT2D eigenvalue weighted by molar-refractivity contribution is -0.122. The van der Waals surface area contributed by atoms with Crippen molar-refractivity contribution in [3.63, 3.8) is 0 Å². The average molecular weight is 265 g/mol. The second kappa shape index (κ2) is 7.34. The summed E-state index contributed by atoms with van der Waals surface area (Å²) in [5, 5.41) is 12.7. The Balaban J connectivity index is 1.61.